The number of phenolic OH excluding ortho intramolecular Hbond substituents is 1. The molecule has 0 aliphatic carbocycles. The molecular formula is C8H8BrClO3S. The van der Waals surface area contributed by atoms with Gasteiger partial charge >= 0.3 is 0 Å². The van der Waals surface area contributed by atoms with E-state index in [4.69, 9.17) is 10.7 Å². The predicted molar refractivity (Wildman–Crippen MR) is 59.0 cm³/mol. The molecule has 0 heterocycles. The van der Waals surface area contributed by atoms with Gasteiger partial charge in [-0.2, -0.15) is 0 Å². The molecule has 0 bridgehead atoms. The molecule has 0 atom stereocenters. The van der Waals surface area contributed by atoms with E-state index in [2.05, 4.69) is 15.9 Å². The summed E-state index contributed by atoms with van der Waals surface area (Å²) in [5.41, 5.74) is 1.02. The third-order valence-electron chi connectivity index (χ3n) is 1.78. The summed E-state index contributed by atoms with van der Waals surface area (Å²) >= 11 is 3.10. The monoisotopic (exact) mass is 298 g/mol. The summed E-state index contributed by atoms with van der Waals surface area (Å²) in [6.07, 6.45) is 0. The summed E-state index contributed by atoms with van der Waals surface area (Å²) in [6, 6.07) is 3.36. The van der Waals surface area contributed by atoms with Gasteiger partial charge in [-0.25, -0.2) is 8.42 Å². The van der Waals surface area contributed by atoms with E-state index in [1.807, 2.05) is 0 Å². The van der Waals surface area contributed by atoms with Crippen LogP contribution in [0.15, 0.2) is 16.6 Å². The number of aromatic hydroxyl groups is 1. The quantitative estimate of drug-likeness (QED) is 0.854. The van der Waals surface area contributed by atoms with Gasteiger partial charge in [0.1, 0.15) is 5.75 Å². The molecule has 1 aromatic rings. The zero-order chi connectivity index (χ0) is 10.9. The van der Waals surface area contributed by atoms with Gasteiger partial charge in [-0.3, -0.25) is 0 Å². The first-order valence-corrected chi connectivity index (χ1v) is 6.97. The van der Waals surface area contributed by atoms with E-state index in [0.717, 1.165) is 0 Å². The van der Waals surface area contributed by atoms with Crippen LogP contribution in [-0.4, -0.2) is 13.5 Å². The maximum Gasteiger partial charge on any atom is 0.236 e. The second-order valence-electron chi connectivity index (χ2n) is 2.87. The Kier molecular flexibility index (Phi) is 3.44. The van der Waals surface area contributed by atoms with Gasteiger partial charge < -0.3 is 5.11 Å². The summed E-state index contributed by atoms with van der Waals surface area (Å²) in [6.45, 7) is 1.71. The van der Waals surface area contributed by atoms with E-state index in [1.54, 1.807) is 19.1 Å². The average molecular weight is 300 g/mol. The minimum atomic E-state index is -3.65. The molecule has 14 heavy (non-hydrogen) atoms. The Morgan fingerprint density at radius 3 is 2.57 bits per heavy atom. The van der Waals surface area contributed by atoms with E-state index in [0.29, 0.717) is 15.6 Å². The lowest BCUT2D eigenvalue weighted by Gasteiger charge is -2.07. The Balaban J connectivity index is 3.27. The number of rotatable bonds is 2. The first-order chi connectivity index (χ1) is 6.31. The zero-order valence-electron chi connectivity index (χ0n) is 7.29. The molecule has 1 aromatic carbocycles. The van der Waals surface area contributed by atoms with E-state index >= 15 is 0 Å². The third-order valence-corrected chi connectivity index (χ3v) is 3.39. The van der Waals surface area contributed by atoms with Crippen LogP contribution in [0.3, 0.4) is 0 Å². The van der Waals surface area contributed by atoms with Crippen molar-refractivity contribution in [2.45, 2.75) is 12.7 Å². The first kappa shape index (κ1) is 11.8. The second-order valence-corrected chi connectivity index (χ2v) is 6.51. The molecular weight excluding hydrogens is 292 g/mol. The lowest BCUT2D eigenvalue weighted by atomic mass is 10.1. The molecule has 6 heteroatoms. The number of phenols is 1. The van der Waals surface area contributed by atoms with Gasteiger partial charge in [-0.1, -0.05) is 6.07 Å². The molecule has 0 saturated heterocycles. The SMILES string of the molecule is Cc1ccc(Br)c(O)c1CS(=O)(=O)Cl. The van der Waals surface area contributed by atoms with Gasteiger partial charge in [0.2, 0.25) is 9.05 Å². The lowest BCUT2D eigenvalue weighted by molar-refractivity contribution is 0.466. The molecule has 0 spiro atoms. The van der Waals surface area contributed by atoms with Gasteiger partial charge in [0.15, 0.2) is 0 Å². The van der Waals surface area contributed by atoms with E-state index in [-0.39, 0.29) is 11.5 Å². The summed E-state index contributed by atoms with van der Waals surface area (Å²) in [5.74, 6) is -0.444. The Morgan fingerprint density at radius 2 is 2.07 bits per heavy atom. The van der Waals surface area contributed by atoms with Crippen LogP contribution in [0.4, 0.5) is 0 Å². The van der Waals surface area contributed by atoms with Crippen molar-refractivity contribution >= 4 is 35.7 Å². The Hall–Kier alpha value is -0.260. The first-order valence-electron chi connectivity index (χ1n) is 3.70. The summed E-state index contributed by atoms with van der Waals surface area (Å²) in [5, 5.41) is 9.57. The van der Waals surface area contributed by atoms with Crippen LogP contribution in [0, 0.1) is 6.92 Å². The fraction of sp³-hybridized carbons (Fsp3) is 0.250. The van der Waals surface area contributed by atoms with Crippen molar-refractivity contribution in [3.05, 3.63) is 27.7 Å². The van der Waals surface area contributed by atoms with E-state index < -0.39 is 9.05 Å². The van der Waals surface area contributed by atoms with E-state index in [1.165, 1.54) is 0 Å². The Labute approximate surface area is 95.3 Å². The molecule has 0 aliphatic rings. The van der Waals surface area contributed by atoms with Gasteiger partial charge in [-0.15, -0.1) is 0 Å². The van der Waals surface area contributed by atoms with Gasteiger partial charge in [0, 0.05) is 16.2 Å². The lowest BCUT2D eigenvalue weighted by Crippen LogP contribution is -1.98. The normalized spacial score (nSPS) is 11.6. The molecule has 1 N–H and O–H groups in total. The van der Waals surface area contributed by atoms with Crippen LogP contribution in [0.5, 0.6) is 5.75 Å². The van der Waals surface area contributed by atoms with Crippen LogP contribution >= 0.6 is 26.6 Å². The van der Waals surface area contributed by atoms with Crippen molar-refractivity contribution in [1.82, 2.24) is 0 Å². The highest BCUT2D eigenvalue weighted by Crippen LogP contribution is 2.31. The number of hydrogen-bond acceptors (Lipinski definition) is 3. The molecule has 0 unspecified atom stereocenters. The van der Waals surface area contributed by atoms with Crippen molar-refractivity contribution in [2.24, 2.45) is 0 Å². The summed E-state index contributed by atoms with van der Waals surface area (Å²) < 4.78 is 22.2. The third kappa shape index (κ3) is 2.87. The molecule has 0 aliphatic heterocycles. The van der Waals surface area contributed by atoms with Crippen LogP contribution in [0.1, 0.15) is 11.1 Å². The van der Waals surface area contributed by atoms with Crippen LogP contribution in [-0.2, 0) is 14.8 Å². The molecule has 0 saturated carbocycles. The van der Waals surface area contributed by atoms with Gasteiger partial charge in [-0.05, 0) is 34.5 Å². The maximum atomic E-state index is 10.9. The van der Waals surface area contributed by atoms with Gasteiger partial charge in [0.25, 0.3) is 0 Å². The second kappa shape index (κ2) is 4.08. The summed E-state index contributed by atoms with van der Waals surface area (Å²) in [4.78, 5) is 0. The largest absolute Gasteiger partial charge is 0.506 e. The molecule has 78 valence electrons. The highest BCUT2D eigenvalue weighted by molar-refractivity contribution is 9.10. The van der Waals surface area contributed by atoms with Crippen LogP contribution in [0.2, 0.25) is 0 Å². The highest BCUT2D eigenvalue weighted by Gasteiger charge is 2.15. The van der Waals surface area contributed by atoms with Crippen molar-refractivity contribution in [2.75, 3.05) is 0 Å². The molecule has 0 radical (unpaired) electrons. The molecule has 3 nitrogen and oxygen atoms in total. The number of hydrogen-bond donors (Lipinski definition) is 1. The smallest absolute Gasteiger partial charge is 0.236 e. The zero-order valence-corrected chi connectivity index (χ0v) is 10.4. The summed E-state index contributed by atoms with van der Waals surface area (Å²) in [7, 11) is 1.46. The molecule has 0 fully saturated rings. The van der Waals surface area contributed by atoms with Crippen molar-refractivity contribution < 1.29 is 13.5 Å². The molecule has 0 aromatic heterocycles. The topological polar surface area (TPSA) is 54.4 Å². The Morgan fingerprint density at radius 1 is 1.50 bits per heavy atom. The van der Waals surface area contributed by atoms with Crippen LogP contribution < -0.4 is 0 Å². The van der Waals surface area contributed by atoms with Crippen LogP contribution in [0.25, 0.3) is 0 Å². The number of aryl methyl sites for hydroxylation is 1. The standard InChI is InChI=1S/C8H8BrClO3S/c1-5-2-3-7(9)8(11)6(5)4-14(10,12)13/h2-3,11H,4H2,1H3. The Bertz CT molecular complexity index is 456. The highest BCUT2D eigenvalue weighted by atomic mass is 79.9. The predicted octanol–water partition coefficient (Wildman–Crippen LogP) is 2.53. The fourth-order valence-corrected chi connectivity index (χ4v) is 2.47. The van der Waals surface area contributed by atoms with E-state index in [9.17, 15) is 13.5 Å². The fourth-order valence-electron chi connectivity index (χ4n) is 1.06. The molecule has 0 amide bonds. The molecule has 1 rings (SSSR count). The average Bonchev–Trinajstić information content (AvgIpc) is 2.04. The minimum absolute atomic E-state index is 0.0748. The van der Waals surface area contributed by atoms with Crippen molar-refractivity contribution in [3.8, 4) is 5.75 Å². The minimum Gasteiger partial charge on any atom is -0.506 e. The maximum absolute atomic E-state index is 10.9. The van der Waals surface area contributed by atoms with Crippen molar-refractivity contribution in [1.29, 1.82) is 0 Å². The van der Waals surface area contributed by atoms with Crippen molar-refractivity contribution in [3.63, 3.8) is 0 Å². The van der Waals surface area contributed by atoms with Gasteiger partial charge in [0.05, 0.1) is 10.2 Å². The number of benzene rings is 1. The number of halogens is 2.